The van der Waals surface area contributed by atoms with E-state index in [-0.39, 0.29) is 16.7 Å². The van der Waals surface area contributed by atoms with Crippen LogP contribution in [0.25, 0.3) is 0 Å². The van der Waals surface area contributed by atoms with Crippen LogP contribution >= 0.6 is 0 Å². The maximum atomic E-state index is 11.5. The fourth-order valence-corrected chi connectivity index (χ4v) is 2.21. The van der Waals surface area contributed by atoms with Crippen LogP contribution in [0.2, 0.25) is 0 Å². The summed E-state index contributed by atoms with van der Waals surface area (Å²) in [5, 5.41) is 6.58. The number of aromatic nitrogens is 2. The molecule has 1 aliphatic rings. The molecule has 18 heavy (non-hydrogen) atoms. The van der Waals surface area contributed by atoms with Gasteiger partial charge in [-0.1, -0.05) is 6.92 Å². The van der Waals surface area contributed by atoms with E-state index in [0.717, 1.165) is 32.5 Å². The molecule has 3 N–H and O–H groups in total. The molecule has 1 saturated heterocycles. The first kappa shape index (κ1) is 12.9. The van der Waals surface area contributed by atoms with Gasteiger partial charge in [0.1, 0.15) is 0 Å². The Kier molecular flexibility index (Phi) is 3.86. The molecule has 0 radical (unpaired) electrons. The number of nitrogens with one attached hydrogen (secondary N) is 3. The highest BCUT2D eigenvalue weighted by Gasteiger charge is 2.27. The topological polar surface area (TPSA) is 79.0 Å². The molecular weight excluding hydrogens is 232 g/mol. The lowest BCUT2D eigenvalue weighted by molar-refractivity contribution is 0.246. The maximum Gasteiger partial charge on any atom is 0.295 e. The number of ether oxygens (including phenoxy) is 1. The van der Waals surface area contributed by atoms with E-state index >= 15 is 0 Å². The van der Waals surface area contributed by atoms with Gasteiger partial charge in [-0.2, -0.15) is 0 Å². The summed E-state index contributed by atoms with van der Waals surface area (Å²) in [6.07, 6.45) is 3.62. The molecule has 0 saturated carbocycles. The van der Waals surface area contributed by atoms with Gasteiger partial charge in [-0.05, 0) is 31.3 Å². The van der Waals surface area contributed by atoms with Gasteiger partial charge in [0.25, 0.3) is 5.56 Å². The van der Waals surface area contributed by atoms with Gasteiger partial charge >= 0.3 is 0 Å². The third-order valence-corrected chi connectivity index (χ3v) is 3.51. The first-order valence-corrected chi connectivity index (χ1v) is 6.21. The molecule has 1 fully saturated rings. The Hall–Kier alpha value is -1.56. The summed E-state index contributed by atoms with van der Waals surface area (Å²) in [5.74, 6) is 0.760. The van der Waals surface area contributed by atoms with Crippen molar-refractivity contribution in [2.75, 3.05) is 32.1 Å². The van der Waals surface area contributed by atoms with Crippen LogP contribution in [0.5, 0.6) is 5.75 Å². The van der Waals surface area contributed by atoms with E-state index in [4.69, 9.17) is 4.74 Å². The number of rotatable bonds is 4. The number of H-pyrrole nitrogens is 1. The molecular formula is C12H20N4O2. The summed E-state index contributed by atoms with van der Waals surface area (Å²) in [6, 6.07) is 0. The zero-order valence-electron chi connectivity index (χ0n) is 10.9. The van der Waals surface area contributed by atoms with Gasteiger partial charge in [0.05, 0.1) is 13.4 Å². The quantitative estimate of drug-likeness (QED) is 0.730. The third kappa shape index (κ3) is 2.81. The van der Waals surface area contributed by atoms with Crippen LogP contribution in [-0.4, -0.2) is 36.7 Å². The van der Waals surface area contributed by atoms with Crippen molar-refractivity contribution in [3.05, 3.63) is 16.7 Å². The van der Waals surface area contributed by atoms with Crippen molar-refractivity contribution in [3.63, 3.8) is 0 Å². The summed E-state index contributed by atoms with van der Waals surface area (Å²) in [6.45, 7) is 5.12. The molecule has 2 rings (SSSR count). The van der Waals surface area contributed by atoms with Crippen molar-refractivity contribution in [2.45, 2.75) is 19.8 Å². The highest BCUT2D eigenvalue weighted by atomic mass is 16.5. The van der Waals surface area contributed by atoms with E-state index in [0.29, 0.717) is 5.82 Å². The molecule has 1 aliphatic heterocycles. The molecule has 0 amide bonds. The minimum atomic E-state index is -0.259. The monoisotopic (exact) mass is 252 g/mol. The highest BCUT2D eigenvalue weighted by Crippen LogP contribution is 2.28. The molecule has 0 unspecified atom stereocenters. The molecule has 0 aromatic carbocycles. The highest BCUT2D eigenvalue weighted by molar-refractivity contribution is 5.47. The van der Waals surface area contributed by atoms with Crippen molar-refractivity contribution >= 4 is 5.82 Å². The lowest BCUT2D eigenvalue weighted by Gasteiger charge is -2.34. The van der Waals surface area contributed by atoms with Gasteiger partial charge in [0.15, 0.2) is 5.82 Å². The van der Waals surface area contributed by atoms with Crippen molar-refractivity contribution in [1.29, 1.82) is 0 Å². The zero-order valence-corrected chi connectivity index (χ0v) is 10.9. The fourth-order valence-electron chi connectivity index (χ4n) is 2.21. The number of piperidine rings is 1. The van der Waals surface area contributed by atoms with Crippen LogP contribution in [0.3, 0.4) is 0 Å². The molecule has 0 bridgehead atoms. The third-order valence-electron chi connectivity index (χ3n) is 3.51. The summed E-state index contributed by atoms with van der Waals surface area (Å²) in [5.41, 5.74) is -0.0222. The molecule has 1 aromatic heterocycles. The average Bonchev–Trinajstić information content (AvgIpc) is 2.37. The van der Waals surface area contributed by atoms with Crippen molar-refractivity contribution in [3.8, 4) is 5.75 Å². The van der Waals surface area contributed by atoms with Crippen LogP contribution in [-0.2, 0) is 0 Å². The molecule has 0 aliphatic carbocycles. The van der Waals surface area contributed by atoms with Crippen LogP contribution in [0.4, 0.5) is 5.82 Å². The second-order valence-corrected chi connectivity index (χ2v) is 5.03. The smallest absolute Gasteiger partial charge is 0.295 e. The Labute approximate surface area is 106 Å². The number of methoxy groups -OCH3 is 1. The lowest BCUT2D eigenvalue weighted by atomic mass is 9.81. The number of hydrogen-bond donors (Lipinski definition) is 3. The standard InChI is InChI=1S/C12H20N4O2/c1-12(3-5-13-6-4-12)7-14-10-9(18-2)11(17)16-8-15-10/h8,13H,3-7H2,1-2H3,(H2,14,15,16,17). The molecule has 0 spiro atoms. The minimum absolute atomic E-state index is 0.237. The van der Waals surface area contributed by atoms with E-state index in [9.17, 15) is 4.79 Å². The molecule has 2 heterocycles. The normalized spacial score (nSPS) is 18.3. The van der Waals surface area contributed by atoms with E-state index in [1.807, 2.05) is 0 Å². The minimum Gasteiger partial charge on any atom is -0.489 e. The number of anilines is 1. The van der Waals surface area contributed by atoms with Crippen LogP contribution in [0.1, 0.15) is 19.8 Å². The Bertz CT molecular complexity index is 452. The molecule has 6 nitrogen and oxygen atoms in total. The number of nitrogens with zero attached hydrogens (tertiary/aromatic N) is 1. The van der Waals surface area contributed by atoms with Crippen molar-refractivity contribution < 1.29 is 4.74 Å². The molecule has 1 aromatic rings. The number of hydrogen-bond acceptors (Lipinski definition) is 5. The first-order valence-electron chi connectivity index (χ1n) is 6.21. The second kappa shape index (κ2) is 5.39. The molecule has 6 heteroatoms. The van der Waals surface area contributed by atoms with Crippen molar-refractivity contribution in [2.24, 2.45) is 5.41 Å². The lowest BCUT2D eigenvalue weighted by Crippen LogP contribution is -2.39. The summed E-state index contributed by atoms with van der Waals surface area (Å²) in [4.78, 5) is 18.1. The largest absolute Gasteiger partial charge is 0.489 e. The fraction of sp³-hybridized carbons (Fsp3) is 0.667. The number of aromatic amines is 1. The predicted molar refractivity (Wildman–Crippen MR) is 70.1 cm³/mol. The predicted octanol–water partition coefficient (Wildman–Crippen LogP) is 0.580. The van der Waals surface area contributed by atoms with E-state index in [1.165, 1.54) is 13.4 Å². The second-order valence-electron chi connectivity index (χ2n) is 5.03. The van der Waals surface area contributed by atoms with E-state index in [1.54, 1.807) is 0 Å². The Morgan fingerprint density at radius 2 is 2.22 bits per heavy atom. The van der Waals surface area contributed by atoms with Gasteiger partial charge in [0.2, 0.25) is 5.75 Å². The van der Waals surface area contributed by atoms with E-state index in [2.05, 4.69) is 27.5 Å². The molecule has 0 atom stereocenters. The summed E-state index contributed by atoms with van der Waals surface area (Å²) in [7, 11) is 1.48. The Balaban J connectivity index is 2.06. The van der Waals surface area contributed by atoms with Crippen molar-refractivity contribution in [1.82, 2.24) is 15.3 Å². The summed E-state index contributed by atoms with van der Waals surface area (Å²) < 4.78 is 5.07. The van der Waals surface area contributed by atoms with Gasteiger partial charge in [-0.15, -0.1) is 0 Å². The zero-order chi connectivity index (χ0) is 13.0. The van der Waals surface area contributed by atoms with Gasteiger partial charge in [-0.25, -0.2) is 4.98 Å². The van der Waals surface area contributed by atoms with Gasteiger partial charge in [0, 0.05) is 6.54 Å². The Morgan fingerprint density at radius 1 is 1.50 bits per heavy atom. The average molecular weight is 252 g/mol. The van der Waals surface area contributed by atoms with Gasteiger partial charge in [-0.3, -0.25) is 4.79 Å². The Morgan fingerprint density at radius 3 is 2.89 bits per heavy atom. The van der Waals surface area contributed by atoms with E-state index < -0.39 is 0 Å². The van der Waals surface area contributed by atoms with Gasteiger partial charge < -0.3 is 20.4 Å². The first-order chi connectivity index (χ1) is 8.64. The van der Waals surface area contributed by atoms with Crippen LogP contribution in [0, 0.1) is 5.41 Å². The SMILES string of the molecule is COc1c(NCC2(C)CCNCC2)nc[nH]c1=O. The maximum absolute atomic E-state index is 11.5. The molecule has 100 valence electrons. The van der Waals surface area contributed by atoms with Crippen LogP contribution in [0.15, 0.2) is 11.1 Å². The summed E-state index contributed by atoms with van der Waals surface area (Å²) >= 11 is 0. The van der Waals surface area contributed by atoms with Crippen LogP contribution < -0.4 is 20.9 Å².